The normalized spacial score (nSPS) is 17.9. The van der Waals surface area contributed by atoms with Crippen LogP contribution in [0.3, 0.4) is 0 Å². The lowest BCUT2D eigenvalue weighted by Gasteiger charge is -2.31. The zero-order valence-electron chi connectivity index (χ0n) is 10.6. The van der Waals surface area contributed by atoms with Crippen molar-refractivity contribution in [2.45, 2.75) is 18.9 Å². The first kappa shape index (κ1) is 13.2. The van der Waals surface area contributed by atoms with Crippen LogP contribution < -0.4 is 4.74 Å². The third-order valence-corrected chi connectivity index (χ3v) is 3.12. The maximum atomic E-state index is 12.9. The predicted molar refractivity (Wildman–Crippen MR) is 66.2 cm³/mol. The minimum atomic E-state index is -0.495. The molecule has 1 saturated heterocycles. The van der Waals surface area contributed by atoms with Gasteiger partial charge in [-0.3, -0.25) is 0 Å². The molecule has 1 aliphatic heterocycles. The Morgan fingerprint density at radius 3 is 2.83 bits per heavy atom. The molecule has 18 heavy (non-hydrogen) atoms. The highest BCUT2D eigenvalue weighted by Crippen LogP contribution is 2.17. The van der Waals surface area contributed by atoms with Gasteiger partial charge in [-0.05, 0) is 18.9 Å². The SMILES string of the molecule is COCCN1CCC(Oc2cccc(F)n2)CC1. The first-order valence-corrected chi connectivity index (χ1v) is 6.28. The third-order valence-electron chi connectivity index (χ3n) is 3.12. The van der Waals surface area contributed by atoms with Gasteiger partial charge in [0.2, 0.25) is 11.8 Å². The van der Waals surface area contributed by atoms with Crippen LogP contribution in [0.1, 0.15) is 12.8 Å². The van der Waals surface area contributed by atoms with Crippen molar-refractivity contribution in [2.24, 2.45) is 0 Å². The van der Waals surface area contributed by atoms with Crippen LogP contribution in [0, 0.1) is 5.95 Å². The van der Waals surface area contributed by atoms with Gasteiger partial charge in [0.1, 0.15) is 6.10 Å². The summed E-state index contributed by atoms with van der Waals surface area (Å²) in [5, 5.41) is 0. The second kappa shape index (κ2) is 6.66. The van der Waals surface area contributed by atoms with Crippen molar-refractivity contribution >= 4 is 0 Å². The molecule has 0 unspecified atom stereocenters. The molecule has 0 bridgehead atoms. The number of hydrogen-bond acceptors (Lipinski definition) is 4. The number of piperidine rings is 1. The molecule has 5 heteroatoms. The Morgan fingerprint density at radius 1 is 1.39 bits per heavy atom. The number of hydrogen-bond donors (Lipinski definition) is 0. The molecule has 0 N–H and O–H groups in total. The van der Waals surface area contributed by atoms with E-state index < -0.39 is 5.95 Å². The Hall–Kier alpha value is -1.20. The Morgan fingerprint density at radius 2 is 2.17 bits per heavy atom. The summed E-state index contributed by atoms with van der Waals surface area (Å²) in [6, 6.07) is 4.63. The van der Waals surface area contributed by atoms with Crippen molar-refractivity contribution in [2.75, 3.05) is 33.4 Å². The van der Waals surface area contributed by atoms with Gasteiger partial charge in [-0.1, -0.05) is 6.07 Å². The molecule has 0 spiro atoms. The minimum Gasteiger partial charge on any atom is -0.474 e. The summed E-state index contributed by atoms with van der Waals surface area (Å²) in [7, 11) is 1.71. The minimum absolute atomic E-state index is 0.137. The quantitative estimate of drug-likeness (QED) is 0.749. The number of pyridine rings is 1. The number of aromatic nitrogens is 1. The molecule has 4 nitrogen and oxygen atoms in total. The molecular weight excluding hydrogens is 235 g/mol. The van der Waals surface area contributed by atoms with E-state index in [0.29, 0.717) is 5.88 Å². The van der Waals surface area contributed by atoms with Crippen molar-refractivity contribution in [3.05, 3.63) is 24.1 Å². The number of rotatable bonds is 5. The van der Waals surface area contributed by atoms with Crippen molar-refractivity contribution in [3.8, 4) is 5.88 Å². The molecule has 0 atom stereocenters. The molecule has 1 fully saturated rings. The lowest BCUT2D eigenvalue weighted by Crippen LogP contribution is -2.39. The zero-order valence-corrected chi connectivity index (χ0v) is 10.6. The molecule has 0 aromatic carbocycles. The van der Waals surface area contributed by atoms with E-state index in [2.05, 4.69) is 9.88 Å². The summed E-state index contributed by atoms with van der Waals surface area (Å²) in [5.74, 6) is -0.115. The average Bonchev–Trinajstić information content (AvgIpc) is 2.38. The van der Waals surface area contributed by atoms with E-state index in [0.717, 1.165) is 39.1 Å². The molecule has 2 heterocycles. The van der Waals surface area contributed by atoms with E-state index in [1.807, 2.05) is 0 Å². The molecule has 1 aromatic rings. The van der Waals surface area contributed by atoms with Gasteiger partial charge < -0.3 is 14.4 Å². The Labute approximate surface area is 107 Å². The molecule has 0 aliphatic carbocycles. The predicted octanol–water partition coefficient (Wildman–Crippen LogP) is 1.71. The maximum absolute atomic E-state index is 12.9. The van der Waals surface area contributed by atoms with E-state index in [-0.39, 0.29) is 6.10 Å². The van der Waals surface area contributed by atoms with Crippen LogP contribution in [0.2, 0.25) is 0 Å². The lowest BCUT2D eigenvalue weighted by molar-refractivity contribution is 0.0768. The van der Waals surface area contributed by atoms with Gasteiger partial charge in [0, 0.05) is 32.8 Å². The highest BCUT2D eigenvalue weighted by molar-refractivity contribution is 5.10. The van der Waals surface area contributed by atoms with Crippen molar-refractivity contribution < 1.29 is 13.9 Å². The molecule has 1 aromatic heterocycles. The number of ether oxygens (including phenoxy) is 2. The van der Waals surface area contributed by atoms with Crippen LogP contribution >= 0.6 is 0 Å². The monoisotopic (exact) mass is 254 g/mol. The largest absolute Gasteiger partial charge is 0.474 e. The number of halogens is 1. The Balaban J connectivity index is 1.76. The van der Waals surface area contributed by atoms with E-state index in [4.69, 9.17) is 9.47 Å². The van der Waals surface area contributed by atoms with Crippen molar-refractivity contribution in [1.82, 2.24) is 9.88 Å². The molecule has 0 radical (unpaired) electrons. The molecule has 0 saturated carbocycles. The summed E-state index contributed by atoms with van der Waals surface area (Å²) in [6.45, 7) is 3.70. The van der Waals surface area contributed by atoms with Gasteiger partial charge >= 0.3 is 0 Å². The summed E-state index contributed by atoms with van der Waals surface area (Å²) < 4.78 is 23.6. The smallest absolute Gasteiger partial charge is 0.216 e. The van der Waals surface area contributed by atoms with Gasteiger partial charge in [0.15, 0.2) is 0 Å². The van der Waals surface area contributed by atoms with Crippen molar-refractivity contribution in [3.63, 3.8) is 0 Å². The van der Waals surface area contributed by atoms with Crippen molar-refractivity contribution in [1.29, 1.82) is 0 Å². The summed E-state index contributed by atoms with van der Waals surface area (Å²) in [6.07, 6.45) is 2.03. The molecular formula is C13H19FN2O2. The second-order valence-corrected chi connectivity index (χ2v) is 4.45. The number of methoxy groups -OCH3 is 1. The van der Waals surface area contributed by atoms with E-state index in [1.54, 1.807) is 19.2 Å². The Kier molecular flexibility index (Phi) is 4.90. The topological polar surface area (TPSA) is 34.6 Å². The van der Waals surface area contributed by atoms with Crippen LogP contribution in [-0.2, 0) is 4.74 Å². The molecule has 100 valence electrons. The molecule has 2 rings (SSSR count). The van der Waals surface area contributed by atoms with E-state index in [9.17, 15) is 4.39 Å². The van der Waals surface area contributed by atoms with Gasteiger partial charge in [0.05, 0.1) is 6.61 Å². The summed E-state index contributed by atoms with van der Waals surface area (Å²) in [5.41, 5.74) is 0. The summed E-state index contributed by atoms with van der Waals surface area (Å²) >= 11 is 0. The van der Waals surface area contributed by atoms with Gasteiger partial charge in [0.25, 0.3) is 0 Å². The second-order valence-electron chi connectivity index (χ2n) is 4.45. The fourth-order valence-electron chi connectivity index (χ4n) is 2.10. The van der Waals surface area contributed by atoms with Crippen LogP contribution in [0.15, 0.2) is 18.2 Å². The summed E-state index contributed by atoms with van der Waals surface area (Å²) in [4.78, 5) is 6.06. The van der Waals surface area contributed by atoms with E-state index in [1.165, 1.54) is 6.07 Å². The standard InChI is InChI=1S/C13H19FN2O2/c1-17-10-9-16-7-5-11(6-8-16)18-13-4-2-3-12(14)15-13/h2-4,11H,5-10H2,1H3. The third kappa shape index (κ3) is 3.92. The van der Waals surface area contributed by atoms with Crippen LogP contribution in [0.5, 0.6) is 5.88 Å². The molecule has 0 amide bonds. The van der Waals surface area contributed by atoms with E-state index >= 15 is 0 Å². The fourth-order valence-corrected chi connectivity index (χ4v) is 2.10. The maximum Gasteiger partial charge on any atom is 0.216 e. The van der Waals surface area contributed by atoms with Gasteiger partial charge in [-0.2, -0.15) is 9.37 Å². The zero-order chi connectivity index (χ0) is 12.8. The average molecular weight is 254 g/mol. The van der Waals surface area contributed by atoms with Gasteiger partial charge in [-0.15, -0.1) is 0 Å². The molecule has 1 aliphatic rings. The highest BCUT2D eigenvalue weighted by atomic mass is 19.1. The number of likely N-dealkylation sites (tertiary alicyclic amines) is 1. The lowest BCUT2D eigenvalue weighted by atomic mass is 10.1. The van der Waals surface area contributed by atoms with Crippen LogP contribution in [-0.4, -0.2) is 49.3 Å². The first-order valence-electron chi connectivity index (χ1n) is 6.28. The number of nitrogens with zero attached hydrogens (tertiary/aromatic N) is 2. The van der Waals surface area contributed by atoms with Gasteiger partial charge in [-0.25, -0.2) is 0 Å². The van der Waals surface area contributed by atoms with Crippen LogP contribution in [0.25, 0.3) is 0 Å². The van der Waals surface area contributed by atoms with Crippen LogP contribution in [0.4, 0.5) is 4.39 Å². The first-order chi connectivity index (χ1) is 8.78. The Bertz CT molecular complexity index is 368. The fraction of sp³-hybridized carbons (Fsp3) is 0.615. The highest BCUT2D eigenvalue weighted by Gasteiger charge is 2.20.